The van der Waals surface area contributed by atoms with E-state index in [0.717, 1.165) is 16.9 Å². The quantitative estimate of drug-likeness (QED) is 0.882. The Kier molecular flexibility index (Phi) is 2.48. The molecular formula is C14H12O4. The largest absolute Gasteiger partial charge is 0.508 e. The standard InChI is InChI=1S/C14H12O4/c1-16-12-5-3-2-4-10(12)11-6-9(15)7-13-14(11)18-8-17-13/h2-7,15H,8H2,1H3. The summed E-state index contributed by atoms with van der Waals surface area (Å²) in [6.07, 6.45) is 0. The van der Waals surface area contributed by atoms with Crippen molar-refractivity contribution in [2.24, 2.45) is 0 Å². The molecule has 0 aromatic heterocycles. The van der Waals surface area contributed by atoms with Crippen LogP contribution in [-0.4, -0.2) is 19.0 Å². The molecule has 0 bridgehead atoms. The first-order valence-electron chi connectivity index (χ1n) is 5.55. The molecule has 0 spiro atoms. The average Bonchev–Trinajstić information content (AvgIpc) is 2.85. The lowest BCUT2D eigenvalue weighted by molar-refractivity contribution is 0.174. The summed E-state index contributed by atoms with van der Waals surface area (Å²) in [6, 6.07) is 10.8. The molecule has 2 aromatic rings. The van der Waals surface area contributed by atoms with Gasteiger partial charge in [-0.2, -0.15) is 0 Å². The second kappa shape index (κ2) is 4.14. The zero-order valence-electron chi connectivity index (χ0n) is 9.84. The van der Waals surface area contributed by atoms with Crippen molar-refractivity contribution in [1.82, 2.24) is 0 Å². The maximum absolute atomic E-state index is 9.73. The van der Waals surface area contributed by atoms with E-state index < -0.39 is 0 Å². The summed E-state index contributed by atoms with van der Waals surface area (Å²) in [5.74, 6) is 2.05. The van der Waals surface area contributed by atoms with Crippen molar-refractivity contribution in [3.8, 4) is 34.1 Å². The first-order chi connectivity index (χ1) is 8.79. The summed E-state index contributed by atoms with van der Waals surface area (Å²) >= 11 is 0. The second-order valence-electron chi connectivity index (χ2n) is 3.93. The van der Waals surface area contributed by atoms with Crippen molar-refractivity contribution in [2.45, 2.75) is 0 Å². The molecule has 4 nitrogen and oxygen atoms in total. The van der Waals surface area contributed by atoms with Crippen LogP contribution in [0, 0.1) is 0 Å². The van der Waals surface area contributed by atoms with Gasteiger partial charge in [-0.3, -0.25) is 0 Å². The Bertz CT molecular complexity index is 592. The summed E-state index contributed by atoms with van der Waals surface area (Å²) in [6.45, 7) is 0.168. The number of fused-ring (bicyclic) bond motifs is 1. The fourth-order valence-corrected chi connectivity index (χ4v) is 2.06. The lowest BCUT2D eigenvalue weighted by atomic mass is 10.0. The zero-order chi connectivity index (χ0) is 12.5. The van der Waals surface area contributed by atoms with E-state index in [-0.39, 0.29) is 12.5 Å². The Morgan fingerprint density at radius 3 is 2.78 bits per heavy atom. The number of ether oxygens (including phenoxy) is 3. The number of aromatic hydroxyl groups is 1. The fourth-order valence-electron chi connectivity index (χ4n) is 2.06. The molecule has 1 aliphatic rings. The molecule has 0 saturated carbocycles. The number of rotatable bonds is 2. The van der Waals surface area contributed by atoms with Crippen LogP contribution in [0.2, 0.25) is 0 Å². The highest BCUT2D eigenvalue weighted by Crippen LogP contribution is 2.46. The van der Waals surface area contributed by atoms with Gasteiger partial charge in [-0.15, -0.1) is 0 Å². The van der Waals surface area contributed by atoms with Gasteiger partial charge in [-0.1, -0.05) is 18.2 Å². The van der Waals surface area contributed by atoms with Gasteiger partial charge >= 0.3 is 0 Å². The highest BCUT2D eigenvalue weighted by molar-refractivity contribution is 5.80. The van der Waals surface area contributed by atoms with Crippen molar-refractivity contribution in [1.29, 1.82) is 0 Å². The SMILES string of the molecule is COc1ccccc1-c1cc(O)cc2c1OCO2. The van der Waals surface area contributed by atoms with E-state index in [4.69, 9.17) is 14.2 Å². The molecule has 3 rings (SSSR count). The average molecular weight is 244 g/mol. The minimum Gasteiger partial charge on any atom is -0.508 e. The van der Waals surface area contributed by atoms with E-state index in [9.17, 15) is 5.11 Å². The van der Waals surface area contributed by atoms with Crippen LogP contribution in [0.3, 0.4) is 0 Å². The van der Waals surface area contributed by atoms with Crippen molar-refractivity contribution < 1.29 is 19.3 Å². The summed E-state index contributed by atoms with van der Waals surface area (Å²) in [5.41, 5.74) is 1.62. The van der Waals surface area contributed by atoms with Gasteiger partial charge in [0.25, 0.3) is 0 Å². The first kappa shape index (κ1) is 10.8. The molecule has 0 atom stereocenters. The molecule has 0 radical (unpaired) electrons. The van der Waals surface area contributed by atoms with Crippen molar-refractivity contribution in [3.05, 3.63) is 36.4 Å². The molecule has 0 aliphatic carbocycles. The minimum atomic E-state index is 0.139. The summed E-state index contributed by atoms with van der Waals surface area (Å²) < 4.78 is 16.1. The molecule has 2 aromatic carbocycles. The molecule has 4 heteroatoms. The van der Waals surface area contributed by atoms with Gasteiger partial charge in [0.2, 0.25) is 6.79 Å². The van der Waals surface area contributed by atoms with E-state index >= 15 is 0 Å². The summed E-state index contributed by atoms with van der Waals surface area (Å²) in [4.78, 5) is 0. The Morgan fingerprint density at radius 1 is 1.11 bits per heavy atom. The van der Waals surface area contributed by atoms with Crippen molar-refractivity contribution in [3.63, 3.8) is 0 Å². The summed E-state index contributed by atoms with van der Waals surface area (Å²) in [5, 5.41) is 9.73. The smallest absolute Gasteiger partial charge is 0.231 e. The molecule has 18 heavy (non-hydrogen) atoms. The van der Waals surface area contributed by atoms with Gasteiger partial charge in [0, 0.05) is 17.2 Å². The number of phenols is 1. The maximum Gasteiger partial charge on any atom is 0.231 e. The van der Waals surface area contributed by atoms with Gasteiger partial charge in [-0.05, 0) is 12.1 Å². The highest BCUT2D eigenvalue weighted by Gasteiger charge is 2.21. The van der Waals surface area contributed by atoms with Gasteiger partial charge in [0.15, 0.2) is 11.5 Å². The second-order valence-corrected chi connectivity index (χ2v) is 3.93. The third kappa shape index (κ3) is 1.62. The third-order valence-corrected chi connectivity index (χ3v) is 2.85. The minimum absolute atomic E-state index is 0.139. The van der Waals surface area contributed by atoms with Crippen LogP contribution in [0.25, 0.3) is 11.1 Å². The molecular weight excluding hydrogens is 232 g/mol. The third-order valence-electron chi connectivity index (χ3n) is 2.85. The molecule has 0 amide bonds. The van der Waals surface area contributed by atoms with Crippen molar-refractivity contribution >= 4 is 0 Å². The molecule has 0 fully saturated rings. The number of methoxy groups -OCH3 is 1. The van der Waals surface area contributed by atoms with Crippen LogP contribution < -0.4 is 14.2 Å². The summed E-state index contributed by atoms with van der Waals surface area (Å²) in [7, 11) is 1.61. The molecule has 92 valence electrons. The normalized spacial score (nSPS) is 12.5. The Morgan fingerprint density at radius 2 is 1.94 bits per heavy atom. The number of benzene rings is 2. The lowest BCUT2D eigenvalue weighted by Crippen LogP contribution is -1.94. The number of hydrogen-bond donors (Lipinski definition) is 1. The van der Waals surface area contributed by atoms with Crippen LogP contribution in [0.1, 0.15) is 0 Å². The van der Waals surface area contributed by atoms with Gasteiger partial charge < -0.3 is 19.3 Å². The van der Waals surface area contributed by atoms with Crippen LogP contribution >= 0.6 is 0 Å². The van der Waals surface area contributed by atoms with E-state index in [1.165, 1.54) is 0 Å². The maximum atomic E-state index is 9.73. The van der Waals surface area contributed by atoms with E-state index in [2.05, 4.69) is 0 Å². The Hall–Kier alpha value is -2.36. The first-order valence-corrected chi connectivity index (χ1v) is 5.55. The topological polar surface area (TPSA) is 47.9 Å². The Labute approximate surface area is 104 Å². The van der Waals surface area contributed by atoms with Crippen LogP contribution in [0.5, 0.6) is 23.0 Å². The number of phenolic OH excluding ortho intramolecular Hbond substituents is 1. The molecule has 0 unspecified atom stereocenters. The van der Waals surface area contributed by atoms with E-state index in [1.54, 1.807) is 19.2 Å². The molecule has 0 saturated heterocycles. The highest BCUT2D eigenvalue weighted by atomic mass is 16.7. The predicted octanol–water partition coefficient (Wildman–Crippen LogP) is 2.80. The lowest BCUT2D eigenvalue weighted by Gasteiger charge is -2.11. The predicted molar refractivity (Wildman–Crippen MR) is 66.2 cm³/mol. The van der Waals surface area contributed by atoms with E-state index in [1.807, 2.05) is 24.3 Å². The molecule has 1 heterocycles. The van der Waals surface area contributed by atoms with E-state index in [0.29, 0.717) is 11.5 Å². The number of para-hydroxylation sites is 1. The molecule has 1 aliphatic heterocycles. The van der Waals surface area contributed by atoms with Gasteiger partial charge in [0.05, 0.1) is 7.11 Å². The monoisotopic (exact) mass is 244 g/mol. The van der Waals surface area contributed by atoms with Gasteiger partial charge in [-0.25, -0.2) is 0 Å². The van der Waals surface area contributed by atoms with Crippen molar-refractivity contribution in [2.75, 3.05) is 13.9 Å². The fraction of sp³-hybridized carbons (Fsp3) is 0.143. The Balaban J connectivity index is 2.23. The van der Waals surface area contributed by atoms with Crippen LogP contribution in [0.4, 0.5) is 0 Å². The molecule has 1 N–H and O–H groups in total. The van der Waals surface area contributed by atoms with Crippen LogP contribution in [0.15, 0.2) is 36.4 Å². The zero-order valence-corrected chi connectivity index (χ0v) is 9.84. The van der Waals surface area contributed by atoms with Gasteiger partial charge in [0.1, 0.15) is 11.5 Å². The number of hydrogen-bond acceptors (Lipinski definition) is 4. The van der Waals surface area contributed by atoms with Crippen LogP contribution in [-0.2, 0) is 0 Å².